The molecule has 0 aliphatic rings. The summed E-state index contributed by atoms with van der Waals surface area (Å²) in [5, 5.41) is 0. The van der Waals surface area contributed by atoms with E-state index in [0.717, 1.165) is 11.4 Å². The molecule has 2 N–H and O–H groups in total. The van der Waals surface area contributed by atoms with Gasteiger partial charge in [0.15, 0.2) is 0 Å². The molecule has 2 aromatic rings. The summed E-state index contributed by atoms with van der Waals surface area (Å²) in [6.07, 6.45) is 0. The van der Waals surface area contributed by atoms with E-state index in [9.17, 15) is 4.79 Å². The molecule has 1 amide bonds. The molecule has 0 aliphatic heterocycles. The molecule has 18 heavy (non-hydrogen) atoms. The molecule has 0 saturated heterocycles. The normalized spacial score (nSPS) is 10.4. The summed E-state index contributed by atoms with van der Waals surface area (Å²) in [6, 6.07) is 8.97. The number of carbonyl (C=O) groups excluding carboxylic acids is 1. The molecule has 4 heteroatoms. The summed E-state index contributed by atoms with van der Waals surface area (Å²) in [6.45, 7) is 3.61. The zero-order chi connectivity index (χ0) is 13.3. The van der Waals surface area contributed by atoms with E-state index in [1.165, 1.54) is 0 Å². The molecule has 0 bridgehead atoms. The van der Waals surface area contributed by atoms with Crippen molar-refractivity contribution in [3.63, 3.8) is 0 Å². The van der Waals surface area contributed by atoms with Gasteiger partial charge in [0, 0.05) is 18.4 Å². The molecule has 0 spiro atoms. The number of carbonyl (C=O) groups is 1. The van der Waals surface area contributed by atoms with Gasteiger partial charge in [-0.25, -0.2) is 0 Å². The van der Waals surface area contributed by atoms with Gasteiger partial charge >= 0.3 is 0 Å². The molecule has 0 radical (unpaired) electrons. The van der Waals surface area contributed by atoms with Crippen molar-refractivity contribution in [3.05, 3.63) is 47.4 Å². The molecule has 1 aromatic heterocycles. The predicted molar refractivity (Wildman–Crippen MR) is 71.8 cm³/mol. The highest BCUT2D eigenvalue weighted by atomic mass is 16.3. The van der Waals surface area contributed by atoms with Crippen molar-refractivity contribution in [1.29, 1.82) is 0 Å². The summed E-state index contributed by atoms with van der Waals surface area (Å²) < 4.78 is 5.37. The Hall–Kier alpha value is -2.23. The Balaban J connectivity index is 2.32. The van der Waals surface area contributed by atoms with Gasteiger partial charge in [-0.1, -0.05) is 6.07 Å². The molecule has 0 unspecified atom stereocenters. The maximum absolute atomic E-state index is 12.3. The van der Waals surface area contributed by atoms with Crippen LogP contribution >= 0.6 is 0 Å². The first-order valence-electron chi connectivity index (χ1n) is 5.69. The first-order chi connectivity index (χ1) is 8.49. The lowest BCUT2D eigenvalue weighted by Gasteiger charge is -2.17. The Kier molecular flexibility index (Phi) is 3.10. The van der Waals surface area contributed by atoms with Crippen LogP contribution < -0.4 is 10.6 Å². The minimum atomic E-state index is -0.102. The van der Waals surface area contributed by atoms with Crippen molar-refractivity contribution in [2.75, 3.05) is 17.7 Å². The number of amides is 1. The number of rotatable bonds is 2. The minimum absolute atomic E-state index is 0.102. The quantitative estimate of drug-likeness (QED) is 0.826. The number of hydrogen-bond donors (Lipinski definition) is 1. The van der Waals surface area contributed by atoms with E-state index in [1.54, 1.807) is 37.1 Å². The third-order valence-corrected chi connectivity index (χ3v) is 2.83. The summed E-state index contributed by atoms with van der Waals surface area (Å²) >= 11 is 0. The molecule has 1 heterocycles. The summed E-state index contributed by atoms with van der Waals surface area (Å²) in [7, 11) is 1.72. The van der Waals surface area contributed by atoms with Gasteiger partial charge in [-0.3, -0.25) is 4.79 Å². The van der Waals surface area contributed by atoms with Crippen LogP contribution in [0.25, 0.3) is 0 Å². The number of nitrogen functional groups attached to an aromatic ring is 1. The Bertz CT molecular complexity index is 587. The van der Waals surface area contributed by atoms with Crippen LogP contribution in [0.3, 0.4) is 0 Å². The third-order valence-electron chi connectivity index (χ3n) is 2.83. The van der Waals surface area contributed by atoms with Crippen molar-refractivity contribution in [2.45, 2.75) is 13.8 Å². The Morgan fingerprint density at radius 2 is 2.00 bits per heavy atom. The molecule has 0 atom stereocenters. The zero-order valence-electron chi connectivity index (χ0n) is 10.7. The van der Waals surface area contributed by atoms with Crippen LogP contribution in [-0.2, 0) is 0 Å². The van der Waals surface area contributed by atoms with Crippen molar-refractivity contribution in [3.8, 4) is 0 Å². The molecule has 0 aliphatic carbocycles. The summed E-state index contributed by atoms with van der Waals surface area (Å²) in [5.74, 6) is 1.26. The Morgan fingerprint density at radius 1 is 1.28 bits per heavy atom. The first kappa shape index (κ1) is 12.2. The fourth-order valence-corrected chi connectivity index (χ4v) is 1.87. The molecule has 0 fully saturated rings. The number of aryl methyl sites for hydroxylation is 2. The van der Waals surface area contributed by atoms with E-state index in [-0.39, 0.29) is 5.91 Å². The Morgan fingerprint density at radius 3 is 2.56 bits per heavy atom. The second kappa shape index (κ2) is 4.56. The second-order valence-corrected chi connectivity index (χ2v) is 4.29. The monoisotopic (exact) mass is 244 g/mol. The molecule has 1 aromatic carbocycles. The van der Waals surface area contributed by atoms with E-state index >= 15 is 0 Å². The number of anilines is 2. The fourth-order valence-electron chi connectivity index (χ4n) is 1.87. The Labute approximate surface area is 106 Å². The molecule has 2 rings (SSSR count). The van der Waals surface area contributed by atoms with E-state index in [1.807, 2.05) is 19.1 Å². The maximum atomic E-state index is 12.3. The van der Waals surface area contributed by atoms with Crippen LogP contribution in [0.4, 0.5) is 11.4 Å². The van der Waals surface area contributed by atoms with Crippen molar-refractivity contribution in [1.82, 2.24) is 0 Å². The van der Waals surface area contributed by atoms with Gasteiger partial charge in [0.2, 0.25) is 0 Å². The van der Waals surface area contributed by atoms with Crippen LogP contribution in [0.5, 0.6) is 0 Å². The minimum Gasteiger partial charge on any atom is -0.466 e. The third kappa shape index (κ3) is 2.22. The lowest BCUT2D eigenvalue weighted by Crippen LogP contribution is -2.26. The lowest BCUT2D eigenvalue weighted by atomic mass is 10.2. The number of hydrogen-bond acceptors (Lipinski definition) is 3. The van der Waals surface area contributed by atoms with Crippen LogP contribution in [0.2, 0.25) is 0 Å². The second-order valence-electron chi connectivity index (χ2n) is 4.29. The molecular weight excluding hydrogens is 228 g/mol. The van der Waals surface area contributed by atoms with E-state index < -0.39 is 0 Å². The van der Waals surface area contributed by atoms with Crippen LogP contribution in [0.15, 0.2) is 34.7 Å². The number of nitrogens with zero attached hydrogens (tertiary/aromatic N) is 1. The molecule has 0 saturated carbocycles. The van der Waals surface area contributed by atoms with Gasteiger partial charge < -0.3 is 15.1 Å². The van der Waals surface area contributed by atoms with Crippen LogP contribution in [-0.4, -0.2) is 13.0 Å². The van der Waals surface area contributed by atoms with Gasteiger partial charge in [-0.15, -0.1) is 0 Å². The highest BCUT2D eigenvalue weighted by molar-refractivity contribution is 6.06. The SMILES string of the molecule is Cc1cc(C(=O)N(C)c2cccc(N)c2)c(C)o1. The standard InChI is InChI=1S/C14H16N2O2/c1-9-7-13(10(2)18-9)14(17)16(3)12-6-4-5-11(15)8-12/h4-8H,15H2,1-3H3. The van der Waals surface area contributed by atoms with E-state index in [0.29, 0.717) is 17.0 Å². The average molecular weight is 244 g/mol. The van der Waals surface area contributed by atoms with Crippen molar-refractivity contribution in [2.24, 2.45) is 0 Å². The number of benzene rings is 1. The smallest absolute Gasteiger partial charge is 0.261 e. The van der Waals surface area contributed by atoms with Gasteiger partial charge in [0.1, 0.15) is 11.5 Å². The lowest BCUT2D eigenvalue weighted by molar-refractivity contribution is 0.0991. The largest absolute Gasteiger partial charge is 0.466 e. The topological polar surface area (TPSA) is 59.5 Å². The zero-order valence-corrected chi connectivity index (χ0v) is 10.7. The maximum Gasteiger partial charge on any atom is 0.261 e. The van der Waals surface area contributed by atoms with E-state index in [4.69, 9.17) is 10.2 Å². The van der Waals surface area contributed by atoms with Gasteiger partial charge in [0.25, 0.3) is 5.91 Å². The van der Waals surface area contributed by atoms with Crippen LogP contribution in [0.1, 0.15) is 21.9 Å². The van der Waals surface area contributed by atoms with Crippen molar-refractivity contribution < 1.29 is 9.21 Å². The van der Waals surface area contributed by atoms with Crippen molar-refractivity contribution >= 4 is 17.3 Å². The highest BCUT2D eigenvalue weighted by Gasteiger charge is 2.18. The van der Waals surface area contributed by atoms with Crippen LogP contribution in [0, 0.1) is 13.8 Å². The molecule has 94 valence electrons. The fraction of sp³-hybridized carbons (Fsp3) is 0.214. The molecule has 4 nitrogen and oxygen atoms in total. The first-order valence-corrected chi connectivity index (χ1v) is 5.69. The molecular formula is C14H16N2O2. The van der Waals surface area contributed by atoms with Gasteiger partial charge in [-0.2, -0.15) is 0 Å². The number of furan rings is 1. The van der Waals surface area contributed by atoms with E-state index in [2.05, 4.69) is 0 Å². The summed E-state index contributed by atoms with van der Waals surface area (Å²) in [5.41, 5.74) is 7.69. The van der Waals surface area contributed by atoms with Gasteiger partial charge in [0.05, 0.1) is 5.56 Å². The highest BCUT2D eigenvalue weighted by Crippen LogP contribution is 2.21. The number of nitrogens with two attached hydrogens (primary N) is 1. The summed E-state index contributed by atoms with van der Waals surface area (Å²) in [4.78, 5) is 13.9. The average Bonchev–Trinajstić information content (AvgIpc) is 2.66. The van der Waals surface area contributed by atoms with Gasteiger partial charge in [-0.05, 0) is 38.1 Å². The predicted octanol–water partition coefficient (Wildman–Crippen LogP) is 2.76.